The number of carbonyl (C=O) groups is 1. The van der Waals surface area contributed by atoms with Crippen LogP contribution in [0.25, 0.3) is 6.08 Å². The lowest BCUT2D eigenvalue weighted by atomic mass is 10.1. The summed E-state index contributed by atoms with van der Waals surface area (Å²) in [7, 11) is 1.66. The van der Waals surface area contributed by atoms with Gasteiger partial charge in [-0.15, -0.1) is 0 Å². The molecule has 0 fully saturated rings. The van der Waals surface area contributed by atoms with Gasteiger partial charge in [0.2, 0.25) is 0 Å². The highest BCUT2D eigenvalue weighted by molar-refractivity contribution is 6.01. The zero-order valence-electron chi connectivity index (χ0n) is 13.8. The van der Waals surface area contributed by atoms with Gasteiger partial charge in [-0.25, -0.2) is 5.48 Å². The summed E-state index contributed by atoms with van der Waals surface area (Å²) in [5.74, 6) is -0.543. The first-order valence-electron chi connectivity index (χ1n) is 7.17. The quantitative estimate of drug-likeness (QED) is 0.476. The van der Waals surface area contributed by atoms with Crippen molar-refractivity contribution >= 4 is 12.0 Å². The van der Waals surface area contributed by atoms with Gasteiger partial charge in [0.15, 0.2) is 0 Å². The molecule has 0 radical (unpaired) electrons. The molecule has 22 heavy (non-hydrogen) atoms. The highest BCUT2D eigenvalue weighted by Gasteiger charge is 2.15. The molecule has 1 atom stereocenters. The number of rotatable bonds is 7. The second kappa shape index (κ2) is 8.37. The molecule has 0 saturated carbocycles. The normalized spacial score (nSPS) is 12.8. The Kier molecular flexibility index (Phi) is 6.83. The highest BCUT2D eigenvalue weighted by atomic mass is 16.6. The van der Waals surface area contributed by atoms with E-state index in [-0.39, 0.29) is 11.6 Å². The number of nitrogens with zero attached hydrogens (tertiary/aromatic N) is 2. The molecule has 1 aromatic heterocycles. The lowest BCUT2D eigenvalue weighted by molar-refractivity contribution is -0.128. The van der Waals surface area contributed by atoms with Crippen molar-refractivity contribution < 1.29 is 14.4 Å². The van der Waals surface area contributed by atoms with Crippen molar-refractivity contribution in [3.63, 3.8) is 0 Å². The van der Waals surface area contributed by atoms with Crippen molar-refractivity contribution in [3.8, 4) is 6.07 Å². The first-order chi connectivity index (χ1) is 10.5. The van der Waals surface area contributed by atoms with Crippen molar-refractivity contribution in [1.29, 1.82) is 5.26 Å². The summed E-state index contributed by atoms with van der Waals surface area (Å²) in [5.41, 5.74) is 5.11. The molecule has 1 amide bonds. The fourth-order valence-corrected chi connectivity index (χ4v) is 2.44. The summed E-state index contributed by atoms with van der Waals surface area (Å²) >= 11 is 0. The summed E-state index contributed by atoms with van der Waals surface area (Å²) in [5, 5.41) is 9.16. The zero-order chi connectivity index (χ0) is 16.7. The molecule has 0 spiro atoms. The first-order valence-corrected chi connectivity index (χ1v) is 7.17. The molecule has 0 aliphatic carbocycles. The minimum Gasteiger partial charge on any atom is -0.383 e. The van der Waals surface area contributed by atoms with E-state index in [1.165, 1.54) is 0 Å². The van der Waals surface area contributed by atoms with Crippen molar-refractivity contribution in [1.82, 2.24) is 10.0 Å². The van der Waals surface area contributed by atoms with Crippen LogP contribution >= 0.6 is 0 Å². The smallest absolute Gasteiger partial charge is 0.285 e. The topological polar surface area (TPSA) is 76.3 Å². The number of nitrogens with one attached hydrogen (secondary N) is 1. The lowest BCUT2D eigenvalue weighted by Crippen LogP contribution is -2.24. The van der Waals surface area contributed by atoms with Gasteiger partial charge in [0.1, 0.15) is 11.6 Å². The van der Waals surface area contributed by atoms with E-state index in [1.54, 1.807) is 20.1 Å². The standard InChI is InChI=1S/C16H23N3O3/c1-6-22-18-16(20)15(9-17)8-14-7-11(2)19(13(14)4)12(3)10-21-5/h7-8,12H,6,10H2,1-5H3,(H,18,20)/b15-8+. The largest absolute Gasteiger partial charge is 0.383 e. The SMILES string of the molecule is CCONC(=O)/C(C#N)=C/c1cc(C)n(C(C)COC)c1C. The van der Waals surface area contributed by atoms with Crippen LogP contribution in [-0.2, 0) is 14.4 Å². The Balaban J connectivity index is 3.11. The van der Waals surface area contributed by atoms with Gasteiger partial charge in [0, 0.05) is 18.5 Å². The molecule has 1 unspecified atom stereocenters. The maximum absolute atomic E-state index is 11.8. The number of ether oxygens (including phenoxy) is 1. The molecule has 6 nitrogen and oxygen atoms in total. The van der Waals surface area contributed by atoms with Crippen LogP contribution in [0.15, 0.2) is 11.6 Å². The third-order valence-corrected chi connectivity index (χ3v) is 3.35. The van der Waals surface area contributed by atoms with Crippen LogP contribution < -0.4 is 5.48 Å². The summed E-state index contributed by atoms with van der Waals surface area (Å²) in [6, 6.07) is 4.03. The van der Waals surface area contributed by atoms with Gasteiger partial charge in [-0.1, -0.05) is 0 Å². The van der Waals surface area contributed by atoms with Crippen LogP contribution in [-0.4, -0.2) is 30.8 Å². The van der Waals surface area contributed by atoms with Crippen LogP contribution in [0.1, 0.15) is 36.8 Å². The molecule has 0 aliphatic heterocycles. The third kappa shape index (κ3) is 4.20. The summed E-state index contributed by atoms with van der Waals surface area (Å²) in [4.78, 5) is 16.7. The molecule has 120 valence electrons. The van der Waals surface area contributed by atoms with Gasteiger partial charge < -0.3 is 9.30 Å². The molecule has 0 bridgehead atoms. The Morgan fingerprint density at radius 3 is 2.77 bits per heavy atom. The van der Waals surface area contributed by atoms with Crippen LogP contribution in [0.2, 0.25) is 0 Å². The molecule has 1 rings (SSSR count). The molecule has 0 saturated heterocycles. The zero-order valence-corrected chi connectivity index (χ0v) is 13.8. The van der Waals surface area contributed by atoms with E-state index in [0.29, 0.717) is 13.2 Å². The monoisotopic (exact) mass is 305 g/mol. The molecule has 0 aromatic carbocycles. The number of aromatic nitrogens is 1. The van der Waals surface area contributed by atoms with Crippen molar-refractivity contribution in [2.24, 2.45) is 0 Å². The van der Waals surface area contributed by atoms with Gasteiger partial charge >= 0.3 is 0 Å². The molecular formula is C16H23N3O3. The maximum atomic E-state index is 11.8. The number of methoxy groups -OCH3 is 1. The molecular weight excluding hydrogens is 282 g/mol. The summed E-state index contributed by atoms with van der Waals surface area (Å²) in [6.07, 6.45) is 1.58. The maximum Gasteiger partial charge on any atom is 0.285 e. The average Bonchev–Trinajstić information content (AvgIpc) is 2.76. The Hall–Kier alpha value is -2.10. The van der Waals surface area contributed by atoms with Gasteiger partial charge in [-0.05, 0) is 45.4 Å². The van der Waals surface area contributed by atoms with Crippen molar-refractivity contribution in [3.05, 3.63) is 28.6 Å². The fraction of sp³-hybridized carbons (Fsp3) is 0.500. The number of amides is 1. The van der Waals surface area contributed by atoms with E-state index in [0.717, 1.165) is 17.0 Å². The van der Waals surface area contributed by atoms with E-state index < -0.39 is 5.91 Å². The number of carbonyl (C=O) groups excluding carboxylic acids is 1. The minimum absolute atomic E-state index is 0.00749. The predicted octanol–water partition coefficient (Wildman–Crippen LogP) is 2.29. The van der Waals surface area contributed by atoms with E-state index in [4.69, 9.17) is 14.8 Å². The van der Waals surface area contributed by atoms with Gasteiger partial charge in [0.25, 0.3) is 5.91 Å². The van der Waals surface area contributed by atoms with E-state index in [1.807, 2.05) is 26.0 Å². The van der Waals surface area contributed by atoms with Gasteiger partial charge in [-0.3, -0.25) is 9.63 Å². The number of hydrogen-bond donors (Lipinski definition) is 1. The first kappa shape index (κ1) is 18.0. The van der Waals surface area contributed by atoms with Crippen LogP contribution in [0.4, 0.5) is 0 Å². The predicted molar refractivity (Wildman–Crippen MR) is 83.9 cm³/mol. The molecule has 1 aromatic rings. The lowest BCUT2D eigenvalue weighted by Gasteiger charge is -2.17. The van der Waals surface area contributed by atoms with E-state index in [2.05, 4.69) is 17.0 Å². The number of aryl methyl sites for hydroxylation is 1. The van der Waals surface area contributed by atoms with Gasteiger partial charge in [0.05, 0.1) is 19.3 Å². The van der Waals surface area contributed by atoms with Crippen molar-refractivity contribution in [2.45, 2.75) is 33.7 Å². The Morgan fingerprint density at radius 2 is 2.23 bits per heavy atom. The number of hydrogen-bond acceptors (Lipinski definition) is 4. The van der Waals surface area contributed by atoms with E-state index in [9.17, 15) is 4.79 Å². The Morgan fingerprint density at radius 1 is 1.55 bits per heavy atom. The highest BCUT2D eigenvalue weighted by Crippen LogP contribution is 2.22. The van der Waals surface area contributed by atoms with Crippen LogP contribution in [0.3, 0.4) is 0 Å². The summed E-state index contributed by atoms with van der Waals surface area (Å²) in [6.45, 7) is 8.69. The van der Waals surface area contributed by atoms with Gasteiger partial charge in [-0.2, -0.15) is 5.26 Å². The minimum atomic E-state index is -0.543. The second-order valence-electron chi connectivity index (χ2n) is 5.03. The van der Waals surface area contributed by atoms with Crippen LogP contribution in [0.5, 0.6) is 0 Å². The molecule has 6 heteroatoms. The van der Waals surface area contributed by atoms with E-state index >= 15 is 0 Å². The molecule has 0 aliphatic rings. The third-order valence-electron chi connectivity index (χ3n) is 3.35. The summed E-state index contributed by atoms with van der Waals surface area (Å²) < 4.78 is 7.32. The van der Waals surface area contributed by atoms with Crippen molar-refractivity contribution in [2.75, 3.05) is 20.3 Å². The molecule has 1 heterocycles. The Bertz CT molecular complexity index is 597. The average molecular weight is 305 g/mol. The second-order valence-corrected chi connectivity index (χ2v) is 5.03. The Labute approximate surface area is 131 Å². The van der Waals surface area contributed by atoms with Crippen LogP contribution in [0, 0.1) is 25.2 Å². The molecule has 1 N–H and O–H groups in total. The fourth-order valence-electron chi connectivity index (χ4n) is 2.44. The number of hydroxylamine groups is 1. The number of nitriles is 1.